The lowest BCUT2D eigenvalue weighted by Crippen LogP contribution is -2.51. The first-order valence-corrected chi connectivity index (χ1v) is 5.36. The Bertz CT molecular complexity index is 203. The van der Waals surface area contributed by atoms with E-state index < -0.39 is 0 Å². The van der Waals surface area contributed by atoms with Crippen LogP contribution in [0, 0.1) is 0 Å². The Morgan fingerprint density at radius 2 is 2.13 bits per heavy atom. The van der Waals surface area contributed by atoms with E-state index in [0.717, 1.165) is 12.8 Å². The summed E-state index contributed by atoms with van der Waals surface area (Å²) >= 11 is 0. The number of nitrogens with one attached hydrogen (secondary N) is 1. The van der Waals surface area contributed by atoms with E-state index in [-0.39, 0.29) is 24.0 Å². The molecule has 0 fully saturated rings. The van der Waals surface area contributed by atoms with Crippen LogP contribution in [0.25, 0.3) is 0 Å². The van der Waals surface area contributed by atoms with Gasteiger partial charge in [-0.15, -0.1) is 0 Å². The zero-order valence-electron chi connectivity index (χ0n) is 9.82. The summed E-state index contributed by atoms with van der Waals surface area (Å²) in [5.74, 6) is 0.214. The number of aliphatic hydroxyl groups excluding tert-OH is 1. The van der Waals surface area contributed by atoms with Gasteiger partial charge < -0.3 is 21.4 Å². The van der Waals surface area contributed by atoms with Crippen LogP contribution >= 0.6 is 0 Å². The number of oxime groups is 1. The smallest absolute Gasteiger partial charge is 0.140 e. The van der Waals surface area contributed by atoms with Crippen molar-refractivity contribution in [2.75, 3.05) is 6.61 Å². The fourth-order valence-corrected chi connectivity index (χ4v) is 1.34. The molecule has 0 bridgehead atoms. The van der Waals surface area contributed by atoms with E-state index in [0.29, 0.717) is 6.42 Å². The van der Waals surface area contributed by atoms with Gasteiger partial charge in [0.15, 0.2) is 0 Å². The zero-order valence-corrected chi connectivity index (χ0v) is 9.82. The van der Waals surface area contributed by atoms with E-state index in [9.17, 15) is 5.11 Å². The van der Waals surface area contributed by atoms with E-state index in [1.165, 1.54) is 0 Å². The first-order valence-electron chi connectivity index (χ1n) is 5.36. The molecule has 0 heterocycles. The van der Waals surface area contributed by atoms with Crippen LogP contribution < -0.4 is 11.1 Å². The Morgan fingerprint density at radius 3 is 2.47 bits per heavy atom. The topological polar surface area (TPSA) is 90.9 Å². The first-order chi connectivity index (χ1) is 7.01. The molecule has 2 atom stereocenters. The van der Waals surface area contributed by atoms with Crippen LogP contribution in [0.4, 0.5) is 0 Å². The molecule has 2 unspecified atom stereocenters. The van der Waals surface area contributed by atoms with Gasteiger partial charge in [-0.25, -0.2) is 0 Å². The molecule has 5 N–H and O–H groups in total. The van der Waals surface area contributed by atoms with Gasteiger partial charge in [-0.2, -0.15) is 0 Å². The molecule has 90 valence electrons. The monoisotopic (exact) mass is 217 g/mol. The summed E-state index contributed by atoms with van der Waals surface area (Å²) in [6, 6.07) is 0.123. The largest absolute Gasteiger partial charge is 0.409 e. The minimum absolute atomic E-state index is 0.0795. The molecule has 0 saturated heterocycles. The van der Waals surface area contributed by atoms with Crippen molar-refractivity contribution in [1.29, 1.82) is 0 Å². The minimum Gasteiger partial charge on any atom is -0.409 e. The average molecular weight is 217 g/mol. The van der Waals surface area contributed by atoms with Gasteiger partial charge in [-0.3, -0.25) is 0 Å². The second-order valence-corrected chi connectivity index (χ2v) is 4.12. The molecule has 0 spiro atoms. The second kappa shape index (κ2) is 6.63. The summed E-state index contributed by atoms with van der Waals surface area (Å²) in [5.41, 5.74) is 5.15. The van der Waals surface area contributed by atoms with Gasteiger partial charge in [-0.1, -0.05) is 19.0 Å². The van der Waals surface area contributed by atoms with Gasteiger partial charge in [0, 0.05) is 18.0 Å². The number of hydrogen-bond acceptors (Lipinski definition) is 4. The van der Waals surface area contributed by atoms with Crippen molar-refractivity contribution < 1.29 is 10.3 Å². The number of aliphatic hydroxyl groups is 1. The molecule has 0 aliphatic rings. The van der Waals surface area contributed by atoms with E-state index >= 15 is 0 Å². The fraction of sp³-hybridized carbons (Fsp3) is 0.900. The standard InChI is InChI=1S/C10H23N3O2/c1-4-8(6-9(11)13-15)12-10(3,5-2)7-14/h8,12,14-15H,4-7H2,1-3H3,(H2,11,13). The van der Waals surface area contributed by atoms with Gasteiger partial charge in [0.1, 0.15) is 5.84 Å². The number of rotatable bonds is 7. The third-order valence-electron chi connectivity index (χ3n) is 2.76. The SMILES string of the molecule is CCC(CC(N)=NO)NC(C)(CC)CO. The molecule has 0 aliphatic carbocycles. The van der Waals surface area contributed by atoms with Crippen LogP contribution in [-0.4, -0.2) is 34.3 Å². The Kier molecular flexibility index (Phi) is 6.27. The lowest BCUT2D eigenvalue weighted by Gasteiger charge is -2.32. The molecular formula is C10H23N3O2. The lowest BCUT2D eigenvalue weighted by molar-refractivity contribution is 0.156. The predicted octanol–water partition coefficient (Wildman–Crippen LogP) is 0.652. The van der Waals surface area contributed by atoms with E-state index in [1.54, 1.807) is 0 Å². The van der Waals surface area contributed by atoms with Gasteiger partial charge in [0.25, 0.3) is 0 Å². The Labute approximate surface area is 91.4 Å². The van der Waals surface area contributed by atoms with Crippen molar-refractivity contribution in [3.05, 3.63) is 0 Å². The Hall–Kier alpha value is -0.810. The highest BCUT2D eigenvalue weighted by molar-refractivity contribution is 5.80. The number of nitrogens with zero attached hydrogens (tertiary/aromatic N) is 1. The molecule has 0 aromatic heterocycles. The molecule has 5 nitrogen and oxygen atoms in total. The van der Waals surface area contributed by atoms with Crippen LogP contribution in [-0.2, 0) is 0 Å². The van der Waals surface area contributed by atoms with Gasteiger partial charge >= 0.3 is 0 Å². The molecular weight excluding hydrogens is 194 g/mol. The summed E-state index contributed by atoms with van der Waals surface area (Å²) in [6.07, 6.45) is 2.19. The number of amidine groups is 1. The molecule has 15 heavy (non-hydrogen) atoms. The maximum atomic E-state index is 9.25. The third-order valence-corrected chi connectivity index (χ3v) is 2.76. The Balaban J connectivity index is 4.31. The summed E-state index contributed by atoms with van der Waals surface area (Å²) in [5, 5.41) is 24.0. The summed E-state index contributed by atoms with van der Waals surface area (Å²) in [7, 11) is 0. The molecule has 0 amide bonds. The van der Waals surface area contributed by atoms with Gasteiger partial charge in [0.05, 0.1) is 6.61 Å². The van der Waals surface area contributed by atoms with Gasteiger partial charge in [0.2, 0.25) is 0 Å². The normalized spacial score (nSPS) is 18.5. The lowest BCUT2D eigenvalue weighted by atomic mass is 9.97. The van der Waals surface area contributed by atoms with Crippen molar-refractivity contribution in [2.24, 2.45) is 10.9 Å². The van der Waals surface area contributed by atoms with Crippen molar-refractivity contribution in [2.45, 2.75) is 51.6 Å². The van der Waals surface area contributed by atoms with E-state index in [1.807, 2.05) is 20.8 Å². The van der Waals surface area contributed by atoms with Crippen LogP contribution in [0.2, 0.25) is 0 Å². The van der Waals surface area contributed by atoms with Gasteiger partial charge in [-0.05, 0) is 19.8 Å². The van der Waals surface area contributed by atoms with E-state index in [4.69, 9.17) is 10.9 Å². The first kappa shape index (κ1) is 14.2. The van der Waals surface area contributed by atoms with Crippen LogP contribution in [0.1, 0.15) is 40.0 Å². The highest BCUT2D eigenvalue weighted by atomic mass is 16.4. The molecule has 0 aromatic rings. The highest BCUT2D eigenvalue weighted by Gasteiger charge is 2.24. The van der Waals surface area contributed by atoms with Crippen molar-refractivity contribution in [1.82, 2.24) is 5.32 Å². The number of nitrogens with two attached hydrogens (primary N) is 1. The quantitative estimate of drug-likeness (QED) is 0.218. The second-order valence-electron chi connectivity index (χ2n) is 4.12. The maximum Gasteiger partial charge on any atom is 0.140 e. The van der Waals surface area contributed by atoms with Crippen LogP contribution in [0.15, 0.2) is 5.16 Å². The minimum atomic E-state index is -0.295. The molecule has 0 aromatic carbocycles. The van der Waals surface area contributed by atoms with Crippen molar-refractivity contribution in [3.63, 3.8) is 0 Å². The van der Waals surface area contributed by atoms with Crippen molar-refractivity contribution >= 4 is 5.84 Å². The zero-order chi connectivity index (χ0) is 11.9. The number of hydrogen-bond donors (Lipinski definition) is 4. The molecule has 0 aliphatic heterocycles. The summed E-state index contributed by atoms with van der Waals surface area (Å²) < 4.78 is 0. The summed E-state index contributed by atoms with van der Waals surface area (Å²) in [6.45, 7) is 6.08. The molecule has 0 saturated carbocycles. The predicted molar refractivity (Wildman–Crippen MR) is 61.0 cm³/mol. The third kappa shape index (κ3) is 4.99. The van der Waals surface area contributed by atoms with Crippen molar-refractivity contribution in [3.8, 4) is 0 Å². The van der Waals surface area contributed by atoms with Crippen LogP contribution in [0.3, 0.4) is 0 Å². The highest BCUT2D eigenvalue weighted by Crippen LogP contribution is 2.11. The maximum absolute atomic E-state index is 9.25. The molecule has 5 heteroatoms. The molecule has 0 radical (unpaired) electrons. The van der Waals surface area contributed by atoms with E-state index in [2.05, 4.69) is 10.5 Å². The molecule has 0 rings (SSSR count). The Morgan fingerprint density at radius 1 is 1.53 bits per heavy atom. The fourth-order valence-electron chi connectivity index (χ4n) is 1.34. The summed E-state index contributed by atoms with van der Waals surface area (Å²) in [4.78, 5) is 0. The van der Waals surface area contributed by atoms with Crippen LogP contribution in [0.5, 0.6) is 0 Å². The average Bonchev–Trinajstić information content (AvgIpc) is 2.27.